The van der Waals surface area contributed by atoms with E-state index in [1.165, 1.54) is 10.8 Å². The van der Waals surface area contributed by atoms with E-state index in [9.17, 15) is 0 Å². The highest BCUT2D eigenvalue weighted by Crippen LogP contribution is 2.27. The van der Waals surface area contributed by atoms with E-state index in [0.717, 1.165) is 11.3 Å². The van der Waals surface area contributed by atoms with Gasteiger partial charge in [0.2, 0.25) is 0 Å². The van der Waals surface area contributed by atoms with Crippen molar-refractivity contribution in [3.63, 3.8) is 0 Å². The van der Waals surface area contributed by atoms with Crippen molar-refractivity contribution in [3.8, 4) is 17.2 Å². The zero-order valence-electron chi connectivity index (χ0n) is 11.4. The quantitative estimate of drug-likeness (QED) is 0.550. The third-order valence-electron chi connectivity index (χ3n) is 2.67. The maximum atomic E-state index is 5.43. The number of rotatable bonds is 1. The van der Waals surface area contributed by atoms with Crippen molar-refractivity contribution in [3.05, 3.63) is 42.0 Å². The Labute approximate surface area is 110 Å². The normalized spacial score (nSPS) is 10.9. The van der Waals surface area contributed by atoms with E-state index < -0.39 is 8.07 Å². The topological polar surface area (TPSA) is 9.23 Å². The number of benzene rings is 2. The molecule has 0 radical (unpaired) electrons. The fourth-order valence-electron chi connectivity index (χ4n) is 1.80. The van der Waals surface area contributed by atoms with E-state index >= 15 is 0 Å². The predicted molar refractivity (Wildman–Crippen MR) is 80.7 cm³/mol. The van der Waals surface area contributed by atoms with Crippen LogP contribution in [-0.2, 0) is 0 Å². The number of ether oxygens (including phenoxy) is 1. The first kappa shape index (κ1) is 12.7. The summed E-state index contributed by atoms with van der Waals surface area (Å²) in [6, 6.07) is 12.4. The molecule has 2 aromatic rings. The summed E-state index contributed by atoms with van der Waals surface area (Å²) in [5, 5.41) is 2.38. The van der Waals surface area contributed by atoms with Crippen LogP contribution >= 0.6 is 0 Å². The summed E-state index contributed by atoms with van der Waals surface area (Å²) in [5.41, 5.74) is 4.43. The second kappa shape index (κ2) is 4.87. The van der Waals surface area contributed by atoms with Crippen LogP contribution in [0.4, 0.5) is 0 Å². The van der Waals surface area contributed by atoms with Gasteiger partial charge in [-0.15, -0.1) is 5.54 Å². The third-order valence-corrected chi connectivity index (χ3v) is 3.55. The van der Waals surface area contributed by atoms with Gasteiger partial charge in [-0.05, 0) is 11.5 Å². The lowest BCUT2D eigenvalue weighted by molar-refractivity contribution is 0.414. The first-order chi connectivity index (χ1) is 8.51. The van der Waals surface area contributed by atoms with Crippen molar-refractivity contribution in [2.45, 2.75) is 19.6 Å². The molecule has 0 aliphatic heterocycles. The van der Waals surface area contributed by atoms with Crippen LogP contribution in [0.2, 0.25) is 19.6 Å². The summed E-state index contributed by atoms with van der Waals surface area (Å²) in [6.45, 7) is 6.74. The van der Waals surface area contributed by atoms with E-state index in [1.54, 1.807) is 7.11 Å². The zero-order valence-corrected chi connectivity index (χ0v) is 12.4. The molecule has 0 spiro atoms. The van der Waals surface area contributed by atoms with Crippen molar-refractivity contribution in [1.82, 2.24) is 0 Å². The SMILES string of the molecule is COc1ccc2ccccc2c1C#C[Si](C)(C)C. The average molecular weight is 254 g/mol. The van der Waals surface area contributed by atoms with Gasteiger partial charge in [-0.2, -0.15) is 0 Å². The lowest BCUT2D eigenvalue weighted by Crippen LogP contribution is -2.16. The summed E-state index contributed by atoms with van der Waals surface area (Å²) in [7, 11) is 0.319. The van der Waals surface area contributed by atoms with Gasteiger partial charge in [0.05, 0.1) is 12.7 Å². The molecule has 0 atom stereocenters. The molecule has 0 saturated heterocycles. The standard InChI is InChI=1S/C16H18OSi/c1-17-16-10-9-13-7-5-6-8-14(13)15(16)11-12-18(2,3)4/h5-10H,1-4H3. The van der Waals surface area contributed by atoms with Crippen LogP contribution < -0.4 is 4.74 Å². The summed E-state index contributed by atoms with van der Waals surface area (Å²) >= 11 is 0. The van der Waals surface area contributed by atoms with Crippen molar-refractivity contribution < 1.29 is 4.74 Å². The van der Waals surface area contributed by atoms with Crippen molar-refractivity contribution in [2.75, 3.05) is 7.11 Å². The van der Waals surface area contributed by atoms with E-state index in [4.69, 9.17) is 4.74 Å². The molecule has 0 saturated carbocycles. The first-order valence-electron chi connectivity index (χ1n) is 6.10. The number of hydrogen-bond donors (Lipinski definition) is 0. The van der Waals surface area contributed by atoms with Crippen LogP contribution in [-0.4, -0.2) is 15.2 Å². The molecule has 2 heteroatoms. The number of methoxy groups -OCH3 is 1. The Morgan fingerprint density at radius 2 is 1.72 bits per heavy atom. The fraction of sp³-hybridized carbons (Fsp3) is 0.250. The van der Waals surface area contributed by atoms with Gasteiger partial charge in [0, 0.05) is 5.39 Å². The van der Waals surface area contributed by atoms with Gasteiger partial charge in [0.1, 0.15) is 13.8 Å². The largest absolute Gasteiger partial charge is 0.495 e. The number of fused-ring (bicyclic) bond motifs is 1. The molecule has 1 nitrogen and oxygen atoms in total. The third kappa shape index (κ3) is 2.75. The molecule has 0 amide bonds. The summed E-state index contributed by atoms with van der Waals surface area (Å²) in [6.07, 6.45) is 0. The minimum Gasteiger partial charge on any atom is -0.495 e. The highest BCUT2D eigenvalue weighted by atomic mass is 28.3. The molecule has 0 unspecified atom stereocenters. The molecule has 0 fully saturated rings. The van der Waals surface area contributed by atoms with E-state index in [0.29, 0.717) is 0 Å². The maximum absolute atomic E-state index is 5.43. The molecule has 0 bridgehead atoms. The second-order valence-electron chi connectivity index (χ2n) is 5.36. The smallest absolute Gasteiger partial charge is 0.135 e. The van der Waals surface area contributed by atoms with Crippen LogP contribution in [0, 0.1) is 11.5 Å². The molecular weight excluding hydrogens is 236 g/mol. The Morgan fingerprint density at radius 1 is 1.00 bits per heavy atom. The van der Waals surface area contributed by atoms with Gasteiger partial charge in [-0.25, -0.2) is 0 Å². The highest BCUT2D eigenvalue weighted by Gasteiger charge is 2.10. The van der Waals surface area contributed by atoms with Crippen molar-refractivity contribution >= 4 is 18.8 Å². The molecule has 0 aromatic heterocycles. The van der Waals surface area contributed by atoms with Gasteiger partial charge < -0.3 is 4.74 Å². The van der Waals surface area contributed by atoms with Gasteiger partial charge in [0.25, 0.3) is 0 Å². The first-order valence-corrected chi connectivity index (χ1v) is 9.60. The summed E-state index contributed by atoms with van der Waals surface area (Å²) in [4.78, 5) is 0. The Morgan fingerprint density at radius 3 is 2.39 bits per heavy atom. The van der Waals surface area contributed by atoms with Crippen LogP contribution in [0.15, 0.2) is 36.4 Å². The van der Waals surface area contributed by atoms with E-state index in [2.05, 4.69) is 49.3 Å². The lowest BCUT2D eigenvalue weighted by atomic mass is 10.0. The second-order valence-corrected chi connectivity index (χ2v) is 10.1. The molecular formula is C16H18OSi. The molecule has 92 valence electrons. The molecule has 0 aliphatic rings. The lowest BCUT2D eigenvalue weighted by Gasteiger charge is -2.08. The van der Waals surface area contributed by atoms with Crippen LogP contribution in [0.5, 0.6) is 5.75 Å². The van der Waals surface area contributed by atoms with E-state index in [1.807, 2.05) is 18.2 Å². The number of hydrogen-bond acceptors (Lipinski definition) is 1. The van der Waals surface area contributed by atoms with Crippen LogP contribution in [0.3, 0.4) is 0 Å². The molecule has 0 heterocycles. The Hall–Kier alpha value is -1.72. The summed E-state index contributed by atoms with van der Waals surface area (Å²) in [5.74, 6) is 4.19. The summed E-state index contributed by atoms with van der Waals surface area (Å²) < 4.78 is 5.43. The monoisotopic (exact) mass is 254 g/mol. The molecule has 2 aromatic carbocycles. The minimum absolute atomic E-state index is 0.861. The predicted octanol–water partition coefficient (Wildman–Crippen LogP) is 4.08. The van der Waals surface area contributed by atoms with Crippen molar-refractivity contribution in [1.29, 1.82) is 0 Å². The highest BCUT2D eigenvalue weighted by molar-refractivity contribution is 6.83. The maximum Gasteiger partial charge on any atom is 0.135 e. The molecule has 18 heavy (non-hydrogen) atoms. The van der Waals surface area contributed by atoms with Gasteiger partial charge >= 0.3 is 0 Å². The minimum atomic E-state index is -1.38. The van der Waals surface area contributed by atoms with Gasteiger partial charge in [0.15, 0.2) is 0 Å². The zero-order chi connectivity index (χ0) is 13.2. The molecule has 2 rings (SSSR count). The Kier molecular flexibility index (Phi) is 3.45. The van der Waals surface area contributed by atoms with Gasteiger partial charge in [-0.3, -0.25) is 0 Å². The van der Waals surface area contributed by atoms with E-state index in [-0.39, 0.29) is 0 Å². The van der Waals surface area contributed by atoms with Gasteiger partial charge in [-0.1, -0.05) is 55.9 Å². The fourth-order valence-corrected chi connectivity index (χ4v) is 2.30. The Bertz CT molecular complexity index is 627. The van der Waals surface area contributed by atoms with Crippen LogP contribution in [0.25, 0.3) is 10.8 Å². The Balaban J connectivity index is 2.68. The van der Waals surface area contributed by atoms with Crippen LogP contribution in [0.1, 0.15) is 5.56 Å². The average Bonchev–Trinajstić information content (AvgIpc) is 2.34. The molecule has 0 N–H and O–H groups in total. The molecule has 0 aliphatic carbocycles. The van der Waals surface area contributed by atoms with Crippen molar-refractivity contribution in [2.24, 2.45) is 0 Å².